The van der Waals surface area contributed by atoms with Crippen molar-refractivity contribution in [2.24, 2.45) is 0 Å². The lowest BCUT2D eigenvalue weighted by molar-refractivity contribution is 0.166. The third-order valence-electron chi connectivity index (χ3n) is 3.26. The third-order valence-corrected chi connectivity index (χ3v) is 3.26. The highest BCUT2D eigenvalue weighted by atomic mass is 19.2. The van der Waals surface area contributed by atoms with Crippen LogP contribution in [-0.4, -0.2) is 12.2 Å². The van der Waals surface area contributed by atoms with E-state index in [9.17, 15) is 18.3 Å². The van der Waals surface area contributed by atoms with Crippen LogP contribution in [0, 0.1) is 17.5 Å². The molecule has 21 heavy (non-hydrogen) atoms. The number of hydrogen-bond donors (Lipinski definition) is 1. The molecule has 0 radical (unpaired) electrons. The fourth-order valence-corrected chi connectivity index (χ4v) is 2.03. The molecule has 2 aromatic rings. The Morgan fingerprint density at radius 1 is 1.05 bits per heavy atom. The maximum absolute atomic E-state index is 13.1. The monoisotopic (exact) mass is 296 g/mol. The van der Waals surface area contributed by atoms with Crippen LogP contribution in [0.5, 0.6) is 5.75 Å². The molecule has 1 N–H and O–H groups in total. The van der Waals surface area contributed by atoms with Crippen LogP contribution < -0.4 is 4.74 Å². The van der Waals surface area contributed by atoms with Gasteiger partial charge in [-0.15, -0.1) is 0 Å². The van der Waals surface area contributed by atoms with Gasteiger partial charge in [0.15, 0.2) is 17.5 Å². The summed E-state index contributed by atoms with van der Waals surface area (Å²) in [4.78, 5) is 0. The predicted octanol–water partition coefficient (Wildman–Crippen LogP) is 3.78. The smallest absolute Gasteiger partial charge is 0.194 e. The molecule has 2 aromatic carbocycles. The standard InChI is InChI=1S/C16H15F3O2/c1-21-12-5-2-10(3-6-12)4-7-15(20)11-8-13(17)16(19)14(18)9-11/h2-3,5-6,8-9,15,20H,4,7H2,1H3. The Kier molecular flexibility index (Phi) is 4.85. The first-order chi connectivity index (χ1) is 10.0. The van der Waals surface area contributed by atoms with Crippen molar-refractivity contribution < 1.29 is 23.0 Å². The third kappa shape index (κ3) is 3.76. The van der Waals surface area contributed by atoms with E-state index < -0.39 is 23.6 Å². The normalized spacial score (nSPS) is 12.2. The van der Waals surface area contributed by atoms with Crippen molar-refractivity contribution >= 4 is 0 Å². The summed E-state index contributed by atoms with van der Waals surface area (Å²) in [6, 6.07) is 8.90. The van der Waals surface area contributed by atoms with Gasteiger partial charge in [0.1, 0.15) is 5.75 Å². The molecule has 1 unspecified atom stereocenters. The van der Waals surface area contributed by atoms with Crippen LogP contribution in [0.25, 0.3) is 0 Å². The van der Waals surface area contributed by atoms with Gasteiger partial charge in [0.25, 0.3) is 0 Å². The molecule has 0 spiro atoms. The van der Waals surface area contributed by atoms with Gasteiger partial charge in [0.2, 0.25) is 0 Å². The van der Waals surface area contributed by atoms with Gasteiger partial charge in [-0.05, 0) is 48.2 Å². The van der Waals surface area contributed by atoms with Crippen LogP contribution in [0.2, 0.25) is 0 Å². The van der Waals surface area contributed by atoms with E-state index in [0.29, 0.717) is 6.42 Å². The molecule has 112 valence electrons. The second kappa shape index (κ2) is 6.63. The van der Waals surface area contributed by atoms with Gasteiger partial charge < -0.3 is 9.84 Å². The molecule has 0 aromatic heterocycles. The van der Waals surface area contributed by atoms with E-state index in [1.807, 2.05) is 12.1 Å². The van der Waals surface area contributed by atoms with Gasteiger partial charge in [-0.3, -0.25) is 0 Å². The SMILES string of the molecule is COc1ccc(CCC(O)c2cc(F)c(F)c(F)c2)cc1. The number of aliphatic hydroxyl groups excluding tert-OH is 1. The van der Waals surface area contributed by atoms with Gasteiger partial charge in [-0.25, -0.2) is 13.2 Å². The summed E-state index contributed by atoms with van der Waals surface area (Å²) < 4.78 is 44.1. The number of hydrogen-bond acceptors (Lipinski definition) is 2. The highest BCUT2D eigenvalue weighted by Gasteiger charge is 2.15. The minimum atomic E-state index is -1.53. The van der Waals surface area contributed by atoms with Crippen molar-refractivity contribution in [3.8, 4) is 5.75 Å². The Bertz CT molecular complexity index is 588. The quantitative estimate of drug-likeness (QED) is 0.851. The maximum atomic E-state index is 13.1. The summed E-state index contributed by atoms with van der Waals surface area (Å²) in [5.74, 6) is -3.40. The molecular formula is C16H15F3O2. The first kappa shape index (κ1) is 15.4. The maximum Gasteiger partial charge on any atom is 0.194 e. The average Bonchev–Trinajstić information content (AvgIpc) is 2.50. The van der Waals surface area contributed by atoms with E-state index in [1.54, 1.807) is 19.2 Å². The lowest BCUT2D eigenvalue weighted by atomic mass is 10.0. The van der Waals surface area contributed by atoms with Crippen molar-refractivity contribution in [2.45, 2.75) is 18.9 Å². The van der Waals surface area contributed by atoms with Gasteiger partial charge in [0, 0.05) is 0 Å². The largest absolute Gasteiger partial charge is 0.497 e. The Balaban J connectivity index is 2.02. The summed E-state index contributed by atoms with van der Waals surface area (Å²) in [6.07, 6.45) is -0.264. The molecular weight excluding hydrogens is 281 g/mol. The molecule has 0 aliphatic heterocycles. The molecule has 0 amide bonds. The molecule has 2 nitrogen and oxygen atoms in total. The highest BCUT2D eigenvalue weighted by Crippen LogP contribution is 2.23. The molecule has 0 saturated carbocycles. The van der Waals surface area contributed by atoms with Crippen molar-refractivity contribution in [1.82, 2.24) is 0 Å². The summed E-state index contributed by atoms with van der Waals surface area (Å²) in [5.41, 5.74) is 0.984. The number of ether oxygens (including phenoxy) is 1. The molecule has 5 heteroatoms. The number of rotatable bonds is 5. The summed E-state index contributed by atoms with van der Waals surface area (Å²) in [7, 11) is 1.57. The second-order valence-corrected chi connectivity index (χ2v) is 4.70. The summed E-state index contributed by atoms with van der Waals surface area (Å²) >= 11 is 0. The fourth-order valence-electron chi connectivity index (χ4n) is 2.03. The molecule has 1 atom stereocenters. The molecule has 0 aliphatic rings. The number of benzene rings is 2. The van der Waals surface area contributed by atoms with Crippen LogP contribution >= 0.6 is 0 Å². The van der Waals surface area contributed by atoms with E-state index in [4.69, 9.17) is 4.74 Å². The summed E-state index contributed by atoms with van der Waals surface area (Å²) in [6.45, 7) is 0. The average molecular weight is 296 g/mol. The molecule has 0 fully saturated rings. The Hall–Kier alpha value is -2.01. The summed E-state index contributed by atoms with van der Waals surface area (Å²) in [5, 5.41) is 9.94. The van der Waals surface area contributed by atoms with Crippen LogP contribution in [0.3, 0.4) is 0 Å². The number of methoxy groups -OCH3 is 1. The molecule has 0 bridgehead atoms. The predicted molar refractivity (Wildman–Crippen MR) is 72.6 cm³/mol. The first-order valence-electron chi connectivity index (χ1n) is 6.46. The minimum absolute atomic E-state index is 0.0277. The van der Waals surface area contributed by atoms with E-state index in [0.717, 1.165) is 23.4 Å². The van der Waals surface area contributed by atoms with Crippen LogP contribution in [0.1, 0.15) is 23.7 Å². The zero-order valence-electron chi connectivity index (χ0n) is 11.4. The van der Waals surface area contributed by atoms with Crippen molar-refractivity contribution in [3.05, 3.63) is 65.0 Å². The highest BCUT2D eigenvalue weighted by molar-refractivity contribution is 5.27. The van der Waals surface area contributed by atoms with E-state index in [2.05, 4.69) is 0 Å². The minimum Gasteiger partial charge on any atom is -0.497 e. The zero-order chi connectivity index (χ0) is 15.4. The Morgan fingerprint density at radius 2 is 1.62 bits per heavy atom. The van der Waals surface area contributed by atoms with Gasteiger partial charge in [0.05, 0.1) is 13.2 Å². The van der Waals surface area contributed by atoms with Crippen molar-refractivity contribution in [1.29, 1.82) is 0 Å². The fraction of sp³-hybridized carbons (Fsp3) is 0.250. The van der Waals surface area contributed by atoms with E-state index >= 15 is 0 Å². The first-order valence-corrected chi connectivity index (χ1v) is 6.46. The van der Waals surface area contributed by atoms with Gasteiger partial charge in [-0.1, -0.05) is 12.1 Å². The van der Waals surface area contributed by atoms with Crippen molar-refractivity contribution in [2.75, 3.05) is 7.11 Å². The van der Waals surface area contributed by atoms with Crippen LogP contribution in [-0.2, 0) is 6.42 Å². The number of halogens is 3. The molecule has 0 aliphatic carbocycles. The lowest BCUT2D eigenvalue weighted by Gasteiger charge is -2.12. The number of aliphatic hydroxyl groups is 1. The van der Waals surface area contributed by atoms with Crippen molar-refractivity contribution in [3.63, 3.8) is 0 Å². The van der Waals surface area contributed by atoms with E-state index in [1.165, 1.54) is 0 Å². The number of aryl methyl sites for hydroxylation is 1. The molecule has 2 rings (SSSR count). The van der Waals surface area contributed by atoms with Gasteiger partial charge >= 0.3 is 0 Å². The second-order valence-electron chi connectivity index (χ2n) is 4.70. The van der Waals surface area contributed by atoms with Crippen LogP contribution in [0.15, 0.2) is 36.4 Å². The Morgan fingerprint density at radius 3 is 2.14 bits per heavy atom. The zero-order valence-corrected chi connectivity index (χ0v) is 11.4. The topological polar surface area (TPSA) is 29.5 Å². The lowest BCUT2D eigenvalue weighted by Crippen LogP contribution is -2.03. The molecule has 0 heterocycles. The van der Waals surface area contributed by atoms with Gasteiger partial charge in [-0.2, -0.15) is 0 Å². The molecule has 0 saturated heterocycles. The van der Waals surface area contributed by atoms with Crippen LogP contribution in [0.4, 0.5) is 13.2 Å². The van der Waals surface area contributed by atoms with E-state index in [-0.39, 0.29) is 12.0 Å². The Labute approximate surface area is 120 Å².